The summed E-state index contributed by atoms with van der Waals surface area (Å²) >= 11 is 0. The van der Waals surface area contributed by atoms with Gasteiger partial charge in [-0.25, -0.2) is 0 Å². The monoisotopic (exact) mass is 268 g/mol. The number of ether oxygens (including phenoxy) is 1. The summed E-state index contributed by atoms with van der Waals surface area (Å²) in [6.45, 7) is 2.66. The van der Waals surface area contributed by atoms with Crippen molar-refractivity contribution in [1.82, 2.24) is 0 Å². The molecule has 1 aliphatic carbocycles. The van der Waals surface area contributed by atoms with Crippen molar-refractivity contribution in [2.24, 2.45) is 0 Å². The highest BCUT2D eigenvalue weighted by atomic mass is 16.5. The van der Waals surface area contributed by atoms with Gasteiger partial charge in [0.25, 0.3) is 0 Å². The molecule has 0 spiro atoms. The summed E-state index contributed by atoms with van der Waals surface area (Å²) in [5.74, 6) is 0.841. The lowest BCUT2D eigenvalue weighted by atomic mass is 9.89. The highest BCUT2D eigenvalue weighted by Gasteiger charge is 2.18. The zero-order valence-corrected chi connectivity index (χ0v) is 11.8. The van der Waals surface area contributed by atoms with Crippen LogP contribution in [0.3, 0.4) is 0 Å². The van der Waals surface area contributed by atoms with E-state index in [-0.39, 0.29) is 6.10 Å². The van der Waals surface area contributed by atoms with Gasteiger partial charge in [-0.1, -0.05) is 30.3 Å². The number of benzene rings is 2. The van der Waals surface area contributed by atoms with Crippen LogP contribution >= 0.6 is 0 Å². The Bertz CT molecular complexity index is 604. The van der Waals surface area contributed by atoms with E-state index in [0.717, 1.165) is 30.6 Å². The zero-order valence-electron chi connectivity index (χ0n) is 11.8. The van der Waals surface area contributed by atoms with E-state index in [1.165, 1.54) is 16.7 Å². The first-order valence-electron chi connectivity index (χ1n) is 7.22. The second-order valence-corrected chi connectivity index (χ2v) is 5.48. The fourth-order valence-corrected chi connectivity index (χ4v) is 2.78. The Morgan fingerprint density at radius 1 is 1.20 bits per heavy atom. The van der Waals surface area contributed by atoms with Gasteiger partial charge in [0.2, 0.25) is 0 Å². The van der Waals surface area contributed by atoms with E-state index in [2.05, 4.69) is 25.1 Å². The molecule has 0 amide bonds. The summed E-state index contributed by atoms with van der Waals surface area (Å²) in [7, 11) is 0. The molecule has 0 radical (unpaired) electrons. The molecule has 2 heteroatoms. The minimum absolute atomic E-state index is 0.333. The minimum Gasteiger partial charge on any atom is -0.489 e. The van der Waals surface area contributed by atoms with Crippen LogP contribution in [0, 0.1) is 6.92 Å². The summed E-state index contributed by atoms with van der Waals surface area (Å²) in [5.41, 5.74) is 4.74. The van der Waals surface area contributed by atoms with Gasteiger partial charge in [0, 0.05) is 0 Å². The number of fused-ring (bicyclic) bond motifs is 1. The average Bonchev–Trinajstić information content (AvgIpc) is 2.47. The molecule has 2 nitrogen and oxygen atoms in total. The van der Waals surface area contributed by atoms with Crippen LogP contribution in [0.15, 0.2) is 42.5 Å². The molecule has 0 bridgehead atoms. The van der Waals surface area contributed by atoms with Crippen molar-refractivity contribution < 1.29 is 9.84 Å². The minimum atomic E-state index is -0.333. The smallest absolute Gasteiger partial charge is 0.120 e. The Balaban J connectivity index is 1.75. The molecule has 20 heavy (non-hydrogen) atoms. The Morgan fingerprint density at radius 2 is 2.05 bits per heavy atom. The van der Waals surface area contributed by atoms with E-state index in [9.17, 15) is 5.11 Å². The fraction of sp³-hybridized carbons (Fsp3) is 0.333. The summed E-state index contributed by atoms with van der Waals surface area (Å²) < 4.78 is 5.88. The molecule has 1 aliphatic rings. The van der Waals surface area contributed by atoms with Crippen molar-refractivity contribution in [1.29, 1.82) is 0 Å². The molecule has 0 saturated carbocycles. The molecule has 2 aromatic rings. The third kappa shape index (κ3) is 2.70. The quantitative estimate of drug-likeness (QED) is 0.913. The first-order chi connectivity index (χ1) is 9.74. The van der Waals surface area contributed by atoms with Crippen molar-refractivity contribution in [3.63, 3.8) is 0 Å². The summed E-state index contributed by atoms with van der Waals surface area (Å²) in [6.07, 6.45) is 2.65. The van der Waals surface area contributed by atoms with E-state index >= 15 is 0 Å². The number of rotatable bonds is 3. The maximum atomic E-state index is 10.1. The molecule has 2 aromatic carbocycles. The normalized spacial score (nSPS) is 17.6. The van der Waals surface area contributed by atoms with Crippen molar-refractivity contribution in [3.05, 3.63) is 64.7 Å². The van der Waals surface area contributed by atoms with Crippen LogP contribution in [0.4, 0.5) is 0 Å². The van der Waals surface area contributed by atoms with Crippen LogP contribution in [-0.2, 0) is 13.0 Å². The summed E-state index contributed by atoms with van der Waals surface area (Å²) in [4.78, 5) is 0. The van der Waals surface area contributed by atoms with E-state index in [1.807, 2.05) is 24.3 Å². The fourth-order valence-electron chi connectivity index (χ4n) is 2.78. The van der Waals surface area contributed by atoms with Crippen LogP contribution in [0.2, 0.25) is 0 Å². The van der Waals surface area contributed by atoms with Gasteiger partial charge in [0.1, 0.15) is 12.4 Å². The van der Waals surface area contributed by atoms with Gasteiger partial charge in [-0.3, -0.25) is 0 Å². The van der Waals surface area contributed by atoms with Crippen molar-refractivity contribution >= 4 is 0 Å². The highest BCUT2D eigenvalue weighted by Crippen LogP contribution is 2.32. The van der Waals surface area contributed by atoms with Crippen molar-refractivity contribution in [3.8, 4) is 5.75 Å². The van der Waals surface area contributed by atoms with Crippen LogP contribution in [-0.4, -0.2) is 5.11 Å². The second kappa shape index (κ2) is 5.68. The SMILES string of the molecule is Cc1ccccc1COc1ccc2c(c1)[C@@H](O)CCC2. The Kier molecular flexibility index (Phi) is 3.75. The van der Waals surface area contributed by atoms with Crippen LogP contribution in [0.5, 0.6) is 5.75 Å². The lowest BCUT2D eigenvalue weighted by molar-refractivity contribution is 0.156. The highest BCUT2D eigenvalue weighted by molar-refractivity contribution is 5.38. The molecule has 0 fully saturated rings. The molecule has 0 saturated heterocycles. The largest absolute Gasteiger partial charge is 0.489 e. The summed E-state index contributed by atoms with van der Waals surface area (Å²) in [6, 6.07) is 14.3. The molecule has 0 unspecified atom stereocenters. The lowest BCUT2D eigenvalue weighted by Crippen LogP contribution is -2.09. The molecular formula is C18H20O2. The maximum absolute atomic E-state index is 10.1. The van der Waals surface area contributed by atoms with Crippen LogP contribution in [0.1, 0.15) is 41.2 Å². The Hall–Kier alpha value is -1.80. The predicted octanol–water partition coefficient (Wildman–Crippen LogP) is 3.94. The predicted molar refractivity (Wildman–Crippen MR) is 79.9 cm³/mol. The first-order valence-corrected chi connectivity index (χ1v) is 7.22. The molecule has 1 N–H and O–H groups in total. The molecular weight excluding hydrogens is 248 g/mol. The van der Waals surface area contributed by atoms with Crippen LogP contribution < -0.4 is 4.74 Å². The zero-order chi connectivity index (χ0) is 13.9. The molecule has 1 atom stereocenters. The van der Waals surface area contributed by atoms with E-state index in [0.29, 0.717) is 6.61 Å². The van der Waals surface area contributed by atoms with Crippen molar-refractivity contribution in [2.75, 3.05) is 0 Å². The maximum Gasteiger partial charge on any atom is 0.120 e. The van der Waals surface area contributed by atoms with E-state index in [4.69, 9.17) is 4.74 Å². The third-order valence-electron chi connectivity index (χ3n) is 4.06. The van der Waals surface area contributed by atoms with Crippen molar-refractivity contribution in [2.45, 2.75) is 38.9 Å². The molecule has 0 heterocycles. The average molecular weight is 268 g/mol. The standard InChI is InChI=1S/C18H20O2/c1-13-5-2-3-6-15(13)12-20-16-10-9-14-7-4-8-18(19)17(14)11-16/h2-3,5-6,9-11,18-19H,4,7-8,12H2,1H3/t18-/m0/s1. The number of hydrogen-bond acceptors (Lipinski definition) is 2. The molecule has 104 valence electrons. The van der Waals surface area contributed by atoms with Gasteiger partial charge in [-0.2, -0.15) is 0 Å². The third-order valence-corrected chi connectivity index (χ3v) is 4.06. The number of aliphatic hydroxyl groups excluding tert-OH is 1. The van der Waals surface area contributed by atoms with Crippen LogP contribution in [0.25, 0.3) is 0 Å². The molecule has 3 rings (SSSR count). The number of aryl methyl sites for hydroxylation is 2. The lowest BCUT2D eigenvalue weighted by Gasteiger charge is -2.22. The van der Waals surface area contributed by atoms with Gasteiger partial charge in [-0.05, 0) is 60.6 Å². The first kappa shape index (κ1) is 13.2. The molecule has 0 aromatic heterocycles. The molecule has 0 aliphatic heterocycles. The Labute approximate surface area is 120 Å². The van der Waals surface area contributed by atoms with Gasteiger partial charge in [0.15, 0.2) is 0 Å². The summed E-state index contributed by atoms with van der Waals surface area (Å²) in [5, 5.41) is 10.1. The van der Waals surface area contributed by atoms with E-state index in [1.54, 1.807) is 0 Å². The van der Waals surface area contributed by atoms with Gasteiger partial charge < -0.3 is 9.84 Å². The Morgan fingerprint density at radius 3 is 2.90 bits per heavy atom. The second-order valence-electron chi connectivity index (χ2n) is 5.48. The number of hydrogen-bond donors (Lipinski definition) is 1. The van der Waals surface area contributed by atoms with Gasteiger partial charge in [-0.15, -0.1) is 0 Å². The van der Waals surface area contributed by atoms with Gasteiger partial charge in [0.05, 0.1) is 6.10 Å². The number of aliphatic hydroxyl groups is 1. The van der Waals surface area contributed by atoms with Gasteiger partial charge >= 0.3 is 0 Å². The van der Waals surface area contributed by atoms with E-state index < -0.39 is 0 Å². The topological polar surface area (TPSA) is 29.5 Å².